The molecular formula is C15H12N5+. The van der Waals surface area contributed by atoms with Crippen molar-refractivity contribution in [3.8, 4) is 11.5 Å². The third-order valence-corrected chi connectivity index (χ3v) is 4.07. The van der Waals surface area contributed by atoms with Crippen LogP contribution in [0.25, 0.3) is 28.5 Å². The Labute approximate surface area is 114 Å². The molecule has 1 aliphatic heterocycles. The molecule has 0 radical (unpaired) electrons. The summed E-state index contributed by atoms with van der Waals surface area (Å²) in [5.41, 5.74) is 5.45. The Morgan fingerprint density at radius 1 is 1.20 bits per heavy atom. The van der Waals surface area contributed by atoms with E-state index in [2.05, 4.69) is 37.8 Å². The van der Waals surface area contributed by atoms with E-state index >= 15 is 0 Å². The standard InChI is InChI=1S/C15H12N5/c1-18-14-12-10(5-4-7-16-12)9-20(14)13-15(18)19-8-3-2-6-11(19)17-13/h2-8H,9H2,1H3/q+1. The van der Waals surface area contributed by atoms with Gasteiger partial charge in [0.05, 0.1) is 19.8 Å². The molecule has 0 fully saturated rings. The second-order valence-electron chi connectivity index (χ2n) is 5.17. The molecule has 5 nitrogen and oxygen atoms in total. The molecule has 0 unspecified atom stereocenters. The largest absolute Gasteiger partial charge is 0.294 e. The van der Waals surface area contributed by atoms with Crippen molar-refractivity contribution in [3.05, 3.63) is 48.3 Å². The lowest BCUT2D eigenvalue weighted by Crippen LogP contribution is -2.30. The summed E-state index contributed by atoms with van der Waals surface area (Å²) in [5.74, 6) is 1.14. The van der Waals surface area contributed by atoms with Gasteiger partial charge in [0.2, 0.25) is 0 Å². The van der Waals surface area contributed by atoms with E-state index in [1.807, 2.05) is 30.5 Å². The average molecular weight is 262 g/mol. The van der Waals surface area contributed by atoms with Crippen LogP contribution >= 0.6 is 0 Å². The lowest BCUT2D eigenvalue weighted by atomic mass is 10.2. The maximum atomic E-state index is 4.77. The first kappa shape index (κ1) is 10.1. The van der Waals surface area contributed by atoms with Crippen LogP contribution in [0.3, 0.4) is 0 Å². The van der Waals surface area contributed by atoms with Gasteiger partial charge in [-0.3, -0.25) is 0 Å². The monoisotopic (exact) mass is 262 g/mol. The van der Waals surface area contributed by atoms with E-state index in [0.717, 1.165) is 35.0 Å². The summed E-state index contributed by atoms with van der Waals surface area (Å²) < 4.78 is 6.57. The van der Waals surface area contributed by atoms with Gasteiger partial charge >= 0.3 is 0 Å². The number of fused-ring (bicyclic) bond motifs is 7. The minimum Gasteiger partial charge on any atom is -0.249 e. The zero-order valence-electron chi connectivity index (χ0n) is 11.0. The van der Waals surface area contributed by atoms with Crippen LogP contribution in [0.15, 0.2) is 42.7 Å². The quantitative estimate of drug-likeness (QED) is 0.397. The third kappa shape index (κ3) is 1.02. The van der Waals surface area contributed by atoms with Crippen LogP contribution in [-0.2, 0) is 13.6 Å². The highest BCUT2D eigenvalue weighted by atomic mass is 15.3. The lowest BCUT2D eigenvalue weighted by molar-refractivity contribution is -0.636. The maximum Gasteiger partial charge on any atom is 0.294 e. The summed E-state index contributed by atoms with van der Waals surface area (Å²) in [7, 11) is 2.08. The van der Waals surface area contributed by atoms with Gasteiger partial charge in [-0.15, -0.1) is 0 Å². The van der Waals surface area contributed by atoms with E-state index in [9.17, 15) is 0 Å². The van der Waals surface area contributed by atoms with Crippen molar-refractivity contribution < 1.29 is 4.57 Å². The SMILES string of the molecule is C[n+]1c2n(c3nc4ccccn4c31)Cc1cccnc1-2. The molecule has 20 heavy (non-hydrogen) atoms. The van der Waals surface area contributed by atoms with Gasteiger partial charge in [0, 0.05) is 11.8 Å². The molecule has 5 rings (SSSR count). The molecule has 0 spiro atoms. The molecule has 0 amide bonds. The minimum atomic E-state index is 0.847. The zero-order chi connectivity index (χ0) is 13.3. The number of aromatic nitrogens is 5. The number of hydrogen-bond donors (Lipinski definition) is 0. The van der Waals surface area contributed by atoms with Crippen molar-refractivity contribution >= 4 is 16.9 Å². The Kier molecular flexibility index (Phi) is 1.65. The molecule has 96 valence electrons. The van der Waals surface area contributed by atoms with Gasteiger partial charge in [0.1, 0.15) is 5.69 Å². The minimum absolute atomic E-state index is 0.847. The molecule has 0 N–H and O–H groups in total. The molecule has 5 heteroatoms. The number of imidazole rings is 2. The van der Waals surface area contributed by atoms with Crippen molar-refractivity contribution in [2.75, 3.05) is 0 Å². The molecule has 4 aromatic heterocycles. The van der Waals surface area contributed by atoms with Gasteiger partial charge in [-0.1, -0.05) is 12.1 Å². The Bertz CT molecular complexity index is 992. The van der Waals surface area contributed by atoms with Gasteiger partial charge in [-0.2, -0.15) is 4.98 Å². The van der Waals surface area contributed by atoms with Crippen LogP contribution < -0.4 is 4.57 Å². The molecule has 0 atom stereocenters. The first-order valence-corrected chi connectivity index (χ1v) is 6.64. The smallest absolute Gasteiger partial charge is 0.249 e. The zero-order valence-corrected chi connectivity index (χ0v) is 11.0. The number of aryl methyl sites for hydroxylation is 1. The number of hydrogen-bond acceptors (Lipinski definition) is 2. The molecular weight excluding hydrogens is 250 g/mol. The fraction of sp³-hybridized carbons (Fsp3) is 0.133. The highest BCUT2D eigenvalue weighted by molar-refractivity contribution is 5.76. The lowest BCUT2D eigenvalue weighted by Gasteiger charge is -1.96. The molecule has 0 bridgehead atoms. The van der Waals surface area contributed by atoms with Gasteiger partial charge in [0.15, 0.2) is 5.65 Å². The predicted molar refractivity (Wildman–Crippen MR) is 74.2 cm³/mol. The molecule has 5 heterocycles. The summed E-state index contributed by atoms with van der Waals surface area (Å²) in [4.78, 5) is 9.31. The molecule has 0 saturated carbocycles. The van der Waals surface area contributed by atoms with E-state index in [0.29, 0.717) is 0 Å². The highest BCUT2D eigenvalue weighted by Gasteiger charge is 2.34. The number of rotatable bonds is 0. The summed E-state index contributed by atoms with van der Waals surface area (Å²) in [6, 6.07) is 10.2. The van der Waals surface area contributed by atoms with E-state index in [1.54, 1.807) is 0 Å². The van der Waals surface area contributed by atoms with Crippen molar-refractivity contribution in [1.82, 2.24) is 18.9 Å². The van der Waals surface area contributed by atoms with Crippen molar-refractivity contribution in [1.29, 1.82) is 0 Å². The van der Waals surface area contributed by atoms with Crippen LogP contribution in [-0.4, -0.2) is 18.9 Å². The highest BCUT2D eigenvalue weighted by Crippen LogP contribution is 2.31. The van der Waals surface area contributed by atoms with Crippen LogP contribution in [0, 0.1) is 0 Å². The van der Waals surface area contributed by atoms with Crippen LogP contribution in [0.2, 0.25) is 0 Å². The van der Waals surface area contributed by atoms with Gasteiger partial charge < -0.3 is 0 Å². The van der Waals surface area contributed by atoms with Crippen LogP contribution in [0.5, 0.6) is 0 Å². The Hall–Kier alpha value is -2.69. The van der Waals surface area contributed by atoms with Gasteiger partial charge in [-0.05, 0) is 18.2 Å². The Morgan fingerprint density at radius 3 is 3.10 bits per heavy atom. The molecule has 4 aromatic rings. The maximum absolute atomic E-state index is 4.77. The topological polar surface area (TPSA) is 39.0 Å². The molecule has 0 aliphatic carbocycles. The third-order valence-electron chi connectivity index (χ3n) is 4.07. The summed E-state index contributed by atoms with van der Waals surface area (Å²) in [5, 5.41) is 0. The van der Waals surface area contributed by atoms with E-state index in [-0.39, 0.29) is 0 Å². The van der Waals surface area contributed by atoms with Gasteiger partial charge in [0.25, 0.3) is 17.1 Å². The average Bonchev–Trinajstić information content (AvgIpc) is 3.10. The van der Waals surface area contributed by atoms with Crippen LogP contribution in [0.4, 0.5) is 0 Å². The molecule has 0 aromatic carbocycles. The molecule has 0 saturated heterocycles. The first-order valence-electron chi connectivity index (χ1n) is 6.64. The summed E-state index contributed by atoms with van der Waals surface area (Å²) in [6.07, 6.45) is 3.91. The fourth-order valence-corrected chi connectivity index (χ4v) is 3.22. The van der Waals surface area contributed by atoms with Crippen molar-refractivity contribution in [3.63, 3.8) is 0 Å². The first-order chi connectivity index (χ1) is 9.84. The van der Waals surface area contributed by atoms with Gasteiger partial charge in [-0.25, -0.2) is 18.5 Å². The summed E-state index contributed by atoms with van der Waals surface area (Å²) in [6.45, 7) is 0.847. The number of pyridine rings is 2. The predicted octanol–water partition coefficient (Wildman–Crippen LogP) is 1.54. The summed E-state index contributed by atoms with van der Waals surface area (Å²) >= 11 is 0. The second-order valence-corrected chi connectivity index (χ2v) is 5.17. The van der Waals surface area contributed by atoms with E-state index in [4.69, 9.17) is 4.98 Å². The Morgan fingerprint density at radius 2 is 2.15 bits per heavy atom. The van der Waals surface area contributed by atoms with E-state index in [1.165, 1.54) is 5.56 Å². The van der Waals surface area contributed by atoms with E-state index < -0.39 is 0 Å². The molecule has 1 aliphatic rings. The van der Waals surface area contributed by atoms with Crippen LogP contribution in [0.1, 0.15) is 5.56 Å². The van der Waals surface area contributed by atoms with Crippen molar-refractivity contribution in [2.24, 2.45) is 7.05 Å². The normalized spacial score (nSPS) is 13.1. The second kappa shape index (κ2) is 3.25. The Balaban J connectivity index is 1.98. The number of nitrogens with zero attached hydrogens (tertiary/aromatic N) is 5. The fourth-order valence-electron chi connectivity index (χ4n) is 3.22. The van der Waals surface area contributed by atoms with Crippen molar-refractivity contribution in [2.45, 2.75) is 6.54 Å².